The summed E-state index contributed by atoms with van der Waals surface area (Å²) in [6.07, 6.45) is 9.05. The van der Waals surface area contributed by atoms with Crippen LogP contribution in [0.15, 0.2) is 48.5 Å². The summed E-state index contributed by atoms with van der Waals surface area (Å²) < 4.78 is 44.4. The number of carbonyl (C=O) groups is 2. The SMILES string of the molecule is CCCCCCCCc1ccc(OCCOCCOCCOCCOCCOCCOCCOCCN2C(=O)c3ccccc3C2=O)cc1. The van der Waals surface area contributed by atoms with Gasteiger partial charge in [0, 0.05) is 0 Å². The number of unbranched alkanes of at least 4 members (excludes halogenated alkanes) is 5. The van der Waals surface area contributed by atoms with E-state index in [4.69, 9.17) is 37.9 Å². The molecule has 1 aliphatic rings. The van der Waals surface area contributed by atoms with Crippen molar-refractivity contribution in [2.75, 3.05) is 106 Å². The molecule has 274 valence electrons. The van der Waals surface area contributed by atoms with Crippen molar-refractivity contribution in [2.24, 2.45) is 0 Å². The highest BCUT2D eigenvalue weighted by molar-refractivity contribution is 6.21. The minimum Gasteiger partial charge on any atom is -0.491 e. The van der Waals surface area contributed by atoms with Gasteiger partial charge in [0.25, 0.3) is 11.8 Å². The van der Waals surface area contributed by atoms with Crippen molar-refractivity contribution >= 4 is 11.8 Å². The number of ether oxygens (including phenoxy) is 8. The number of amides is 2. The van der Waals surface area contributed by atoms with Gasteiger partial charge in [-0.1, -0.05) is 63.3 Å². The number of fused-ring (bicyclic) bond motifs is 1. The Kier molecular flexibility index (Phi) is 22.3. The predicted octanol–water partition coefficient (Wildman–Crippen LogP) is 5.38. The number of hydrogen-bond acceptors (Lipinski definition) is 10. The monoisotopic (exact) mass is 687 g/mol. The molecule has 0 saturated heterocycles. The highest BCUT2D eigenvalue weighted by Crippen LogP contribution is 2.22. The van der Waals surface area contributed by atoms with E-state index in [1.165, 1.54) is 49.0 Å². The summed E-state index contributed by atoms with van der Waals surface area (Å²) in [6.45, 7) is 9.41. The minimum absolute atomic E-state index is 0.219. The van der Waals surface area contributed by atoms with Crippen molar-refractivity contribution in [3.63, 3.8) is 0 Å². The topological polar surface area (TPSA) is 111 Å². The van der Waals surface area contributed by atoms with E-state index < -0.39 is 0 Å². The summed E-state index contributed by atoms with van der Waals surface area (Å²) in [5.74, 6) is 0.331. The normalized spacial score (nSPS) is 12.6. The first kappa shape index (κ1) is 40.5. The summed E-state index contributed by atoms with van der Waals surface area (Å²) >= 11 is 0. The second-order valence-electron chi connectivity index (χ2n) is 11.6. The van der Waals surface area contributed by atoms with E-state index in [1.54, 1.807) is 24.3 Å². The second kappa shape index (κ2) is 26.9. The molecule has 11 nitrogen and oxygen atoms in total. The fraction of sp³-hybridized carbons (Fsp3) is 0.632. The van der Waals surface area contributed by atoms with Gasteiger partial charge < -0.3 is 37.9 Å². The van der Waals surface area contributed by atoms with Gasteiger partial charge in [-0.25, -0.2) is 0 Å². The summed E-state index contributed by atoms with van der Waals surface area (Å²) in [5, 5.41) is 0. The Bertz CT molecular complexity index is 1110. The number of nitrogens with zero attached hydrogens (tertiary/aromatic N) is 1. The molecule has 0 aliphatic carbocycles. The molecule has 0 fully saturated rings. The van der Waals surface area contributed by atoms with Crippen molar-refractivity contribution < 1.29 is 47.5 Å². The molecule has 3 rings (SSSR count). The maximum atomic E-state index is 12.3. The van der Waals surface area contributed by atoms with Crippen LogP contribution in [-0.4, -0.2) is 122 Å². The minimum atomic E-state index is -0.273. The molecule has 2 aromatic rings. The van der Waals surface area contributed by atoms with Gasteiger partial charge in [-0.3, -0.25) is 14.5 Å². The Morgan fingerprint density at radius 3 is 1.35 bits per heavy atom. The lowest BCUT2D eigenvalue weighted by Gasteiger charge is -2.13. The maximum absolute atomic E-state index is 12.3. The summed E-state index contributed by atoms with van der Waals surface area (Å²) in [5.41, 5.74) is 2.26. The third-order valence-corrected chi connectivity index (χ3v) is 7.81. The van der Waals surface area contributed by atoms with Gasteiger partial charge in [0.2, 0.25) is 0 Å². The quantitative estimate of drug-likeness (QED) is 0.0735. The van der Waals surface area contributed by atoms with Crippen molar-refractivity contribution in [1.29, 1.82) is 0 Å². The molecule has 1 heterocycles. The van der Waals surface area contributed by atoms with Crippen molar-refractivity contribution in [1.82, 2.24) is 4.90 Å². The molecule has 11 heteroatoms. The van der Waals surface area contributed by atoms with Gasteiger partial charge in [-0.05, 0) is 42.7 Å². The van der Waals surface area contributed by atoms with Crippen molar-refractivity contribution in [2.45, 2.75) is 51.9 Å². The summed E-state index contributed by atoms with van der Waals surface area (Å²) in [6, 6.07) is 15.2. The van der Waals surface area contributed by atoms with Crippen LogP contribution in [-0.2, 0) is 39.6 Å². The number of hydrogen-bond donors (Lipinski definition) is 0. The molecule has 49 heavy (non-hydrogen) atoms. The summed E-state index contributed by atoms with van der Waals surface area (Å²) in [7, 11) is 0. The average molecular weight is 688 g/mol. The lowest BCUT2D eigenvalue weighted by molar-refractivity contribution is -0.0214. The molecule has 0 N–H and O–H groups in total. The number of imide groups is 1. The Labute approximate surface area is 292 Å². The van der Waals surface area contributed by atoms with Crippen molar-refractivity contribution in [3.8, 4) is 5.75 Å². The van der Waals surface area contributed by atoms with E-state index in [0.717, 1.165) is 12.2 Å². The van der Waals surface area contributed by atoms with Crippen LogP contribution in [0.25, 0.3) is 0 Å². The third kappa shape index (κ3) is 17.5. The second-order valence-corrected chi connectivity index (χ2v) is 11.6. The van der Waals surface area contributed by atoms with Gasteiger partial charge in [-0.15, -0.1) is 0 Å². The largest absolute Gasteiger partial charge is 0.491 e. The molecular formula is C38H57NO10. The molecule has 0 saturated carbocycles. The van der Waals surface area contributed by atoms with Gasteiger partial charge >= 0.3 is 0 Å². The van der Waals surface area contributed by atoms with Crippen LogP contribution in [0.2, 0.25) is 0 Å². The number of aryl methyl sites for hydroxylation is 1. The number of carbonyl (C=O) groups excluding carboxylic acids is 2. The molecular weight excluding hydrogens is 630 g/mol. The highest BCUT2D eigenvalue weighted by atomic mass is 16.6. The van der Waals surface area contributed by atoms with E-state index in [2.05, 4.69) is 19.1 Å². The van der Waals surface area contributed by atoms with E-state index in [0.29, 0.717) is 104 Å². The number of benzene rings is 2. The fourth-order valence-corrected chi connectivity index (χ4v) is 5.10. The molecule has 1 aliphatic heterocycles. The van der Waals surface area contributed by atoms with E-state index in [-0.39, 0.29) is 25.0 Å². The van der Waals surface area contributed by atoms with Crippen LogP contribution < -0.4 is 4.74 Å². The van der Waals surface area contributed by atoms with Gasteiger partial charge in [0.05, 0.1) is 110 Å². The van der Waals surface area contributed by atoms with Crippen LogP contribution in [0.1, 0.15) is 71.7 Å². The standard InChI is InChI=1S/C38H57NO10/c1-2-3-4-5-6-7-10-33-13-15-34(16-14-33)49-32-31-48-30-29-47-28-27-46-26-25-45-24-23-44-22-21-43-20-19-42-18-17-39-37(40)35-11-8-9-12-36(35)38(39)41/h8-9,11-16H,2-7,10,17-32H2,1H3. The van der Waals surface area contributed by atoms with E-state index in [1.807, 2.05) is 12.1 Å². The molecule has 0 atom stereocenters. The zero-order chi connectivity index (χ0) is 34.6. The van der Waals surface area contributed by atoms with Crippen molar-refractivity contribution in [3.05, 3.63) is 65.2 Å². The lowest BCUT2D eigenvalue weighted by Crippen LogP contribution is -2.33. The molecule has 0 spiro atoms. The Hall–Kier alpha value is -2.90. The Morgan fingerprint density at radius 2 is 0.878 bits per heavy atom. The van der Waals surface area contributed by atoms with Crippen LogP contribution in [0.3, 0.4) is 0 Å². The third-order valence-electron chi connectivity index (χ3n) is 7.81. The van der Waals surface area contributed by atoms with E-state index in [9.17, 15) is 9.59 Å². The highest BCUT2D eigenvalue weighted by Gasteiger charge is 2.34. The summed E-state index contributed by atoms with van der Waals surface area (Å²) in [4.78, 5) is 25.8. The maximum Gasteiger partial charge on any atom is 0.261 e. The Morgan fingerprint density at radius 1 is 0.469 bits per heavy atom. The first-order valence-electron chi connectivity index (χ1n) is 17.9. The lowest BCUT2D eigenvalue weighted by atomic mass is 10.0. The molecule has 2 aromatic carbocycles. The zero-order valence-corrected chi connectivity index (χ0v) is 29.4. The average Bonchev–Trinajstić information content (AvgIpc) is 3.37. The van der Waals surface area contributed by atoms with Crippen LogP contribution in [0, 0.1) is 0 Å². The first-order valence-corrected chi connectivity index (χ1v) is 17.9. The van der Waals surface area contributed by atoms with Crippen LogP contribution in [0.5, 0.6) is 5.75 Å². The van der Waals surface area contributed by atoms with Gasteiger partial charge in [-0.2, -0.15) is 0 Å². The zero-order valence-electron chi connectivity index (χ0n) is 29.4. The predicted molar refractivity (Wildman–Crippen MR) is 187 cm³/mol. The molecule has 0 unspecified atom stereocenters. The molecule has 0 aromatic heterocycles. The van der Waals surface area contributed by atoms with Crippen LogP contribution >= 0.6 is 0 Å². The molecule has 0 bridgehead atoms. The molecule has 2 amide bonds. The van der Waals surface area contributed by atoms with Gasteiger partial charge in [0.15, 0.2) is 0 Å². The fourth-order valence-electron chi connectivity index (χ4n) is 5.10. The van der Waals surface area contributed by atoms with E-state index >= 15 is 0 Å². The Balaban J connectivity index is 0.971. The molecule has 0 radical (unpaired) electrons. The number of rotatable bonds is 32. The smallest absolute Gasteiger partial charge is 0.261 e. The van der Waals surface area contributed by atoms with Crippen LogP contribution in [0.4, 0.5) is 0 Å². The van der Waals surface area contributed by atoms with Gasteiger partial charge in [0.1, 0.15) is 12.4 Å². The first-order chi connectivity index (χ1) is 24.2.